The van der Waals surface area contributed by atoms with Gasteiger partial charge >= 0.3 is 5.97 Å². The number of carboxylic acid groups (broad SMARTS) is 1. The monoisotopic (exact) mass is 397 g/mol. The molecule has 152 valence electrons. The highest BCUT2D eigenvalue weighted by Gasteiger charge is 2.30. The van der Waals surface area contributed by atoms with E-state index in [0.717, 1.165) is 0 Å². The normalized spacial score (nSPS) is 18.9. The fourth-order valence-corrected chi connectivity index (χ4v) is 3.60. The summed E-state index contributed by atoms with van der Waals surface area (Å²) in [5.74, 6) is -1.02. The number of benzene rings is 1. The fourth-order valence-electron chi connectivity index (χ4n) is 3.60. The highest BCUT2D eigenvalue weighted by Crippen LogP contribution is 2.22. The number of aliphatic carboxylic acids is 1. The Morgan fingerprint density at radius 2 is 2.03 bits per heavy atom. The maximum Gasteiger partial charge on any atom is 0.303 e. The number of carboxylic acids is 1. The van der Waals surface area contributed by atoms with Crippen molar-refractivity contribution in [2.24, 2.45) is 18.7 Å². The zero-order chi connectivity index (χ0) is 21.1. The molecule has 2 aromatic rings. The number of ketones is 1. The molecule has 5 N–H and O–H groups in total. The van der Waals surface area contributed by atoms with E-state index < -0.39 is 17.6 Å². The van der Waals surface area contributed by atoms with Crippen LogP contribution in [0.2, 0.25) is 0 Å². The average molecular weight is 397 g/mol. The average Bonchev–Trinajstić information content (AvgIpc) is 2.69. The summed E-state index contributed by atoms with van der Waals surface area (Å²) in [4.78, 5) is 40.9. The van der Waals surface area contributed by atoms with Crippen molar-refractivity contribution in [3.8, 4) is 11.4 Å². The third kappa shape index (κ3) is 4.40. The first-order valence-electron chi connectivity index (χ1n) is 9.28. The quantitative estimate of drug-likeness (QED) is 0.319. The number of carbonyl (C=O) groups is 2. The molecule has 1 saturated heterocycles. The number of nitrogen functional groups attached to an aromatic ring is 1. The Morgan fingerprint density at radius 3 is 2.66 bits per heavy atom. The maximum atomic E-state index is 12.9. The van der Waals surface area contributed by atoms with E-state index in [9.17, 15) is 14.4 Å². The molecule has 2 unspecified atom stereocenters. The smallest absolute Gasteiger partial charge is 0.303 e. The highest BCUT2D eigenvalue weighted by molar-refractivity contribution is 6.00. The molecule has 0 amide bonds. The van der Waals surface area contributed by atoms with E-state index in [1.54, 1.807) is 31.3 Å². The largest absolute Gasteiger partial charge is 0.481 e. The van der Waals surface area contributed by atoms with Gasteiger partial charge in [-0.1, -0.05) is 24.3 Å². The molecule has 1 aromatic heterocycles. The van der Waals surface area contributed by atoms with Gasteiger partial charge < -0.3 is 16.2 Å². The number of amidine groups is 1. The van der Waals surface area contributed by atoms with E-state index in [-0.39, 0.29) is 29.5 Å². The number of carbonyl (C=O) groups excluding carboxylic acids is 1. The van der Waals surface area contributed by atoms with Gasteiger partial charge in [-0.3, -0.25) is 24.4 Å². The van der Waals surface area contributed by atoms with Crippen LogP contribution in [0.5, 0.6) is 0 Å². The van der Waals surface area contributed by atoms with Gasteiger partial charge in [-0.2, -0.15) is 0 Å². The molecule has 9 heteroatoms. The summed E-state index contributed by atoms with van der Waals surface area (Å²) in [5, 5.41) is 19.5. The Balaban J connectivity index is 1.85. The molecule has 2 heterocycles. The van der Waals surface area contributed by atoms with Crippen molar-refractivity contribution >= 4 is 17.6 Å². The van der Waals surface area contributed by atoms with Crippen molar-refractivity contribution in [1.82, 2.24) is 14.9 Å². The first-order chi connectivity index (χ1) is 13.8. The second-order valence-corrected chi connectivity index (χ2v) is 7.21. The van der Waals surface area contributed by atoms with Gasteiger partial charge in [0.2, 0.25) is 0 Å². The van der Waals surface area contributed by atoms with Crippen LogP contribution in [0.3, 0.4) is 0 Å². The minimum Gasteiger partial charge on any atom is -0.481 e. The van der Waals surface area contributed by atoms with Crippen LogP contribution in [-0.4, -0.2) is 44.8 Å². The molecular formula is C20H23N5O4. The molecule has 1 aliphatic rings. The van der Waals surface area contributed by atoms with Crippen LogP contribution in [0.1, 0.15) is 35.2 Å². The van der Waals surface area contributed by atoms with Crippen LogP contribution in [0.15, 0.2) is 35.3 Å². The number of hydrogen-bond acceptors (Lipinski definition) is 6. The van der Waals surface area contributed by atoms with Crippen LogP contribution in [-0.2, 0) is 11.8 Å². The number of hydrogen-bond donors (Lipinski definition) is 4. The van der Waals surface area contributed by atoms with Gasteiger partial charge in [0.1, 0.15) is 17.2 Å². The molecule has 0 aliphatic carbocycles. The van der Waals surface area contributed by atoms with Crippen LogP contribution in [0.25, 0.3) is 11.4 Å². The van der Waals surface area contributed by atoms with E-state index >= 15 is 0 Å². The first-order valence-corrected chi connectivity index (χ1v) is 9.28. The van der Waals surface area contributed by atoms with Crippen LogP contribution in [0, 0.1) is 11.3 Å². The first kappa shape index (κ1) is 20.4. The Bertz CT molecular complexity index is 1010. The van der Waals surface area contributed by atoms with Gasteiger partial charge in [-0.25, -0.2) is 4.98 Å². The Hall–Kier alpha value is -3.33. The molecule has 29 heavy (non-hydrogen) atoms. The minimum atomic E-state index is -0.888. The van der Waals surface area contributed by atoms with Crippen molar-refractivity contribution in [2.45, 2.75) is 25.3 Å². The zero-order valence-corrected chi connectivity index (χ0v) is 16.0. The molecule has 3 rings (SSSR count). The lowest BCUT2D eigenvalue weighted by Crippen LogP contribution is -2.45. The highest BCUT2D eigenvalue weighted by atomic mass is 16.4. The van der Waals surface area contributed by atoms with Crippen LogP contribution in [0.4, 0.5) is 0 Å². The van der Waals surface area contributed by atoms with E-state index in [0.29, 0.717) is 36.3 Å². The number of piperidine rings is 1. The fraction of sp³-hybridized carbons (Fsp3) is 0.350. The lowest BCUT2D eigenvalue weighted by Gasteiger charge is -2.28. The van der Waals surface area contributed by atoms with E-state index in [4.69, 9.17) is 16.2 Å². The van der Waals surface area contributed by atoms with Gasteiger partial charge in [0.25, 0.3) is 5.56 Å². The summed E-state index contributed by atoms with van der Waals surface area (Å²) in [6.45, 7) is 0.530. The second kappa shape index (κ2) is 8.36. The summed E-state index contributed by atoms with van der Waals surface area (Å²) in [6.07, 6.45) is 2.35. The van der Waals surface area contributed by atoms with Crippen molar-refractivity contribution in [1.29, 1.82) is 5.41 Å². The summed E-state index contributed by atoms with van der Waals surface area (Å²) in [5.41, 5.74) is 6.19. The lowest BCUT2D eigenvalue weighted by atomic mass is 9.87. The van der Waals surface area contributed by atoms with Crippen molar-refractivity contribution in [3.63, 3.8) is 0 Å². The van der Waals surface area contributed by atoms with E-state index in [1.165, 1.54) is 10.8 Å². The topological polar surface area (TPSA) is 151 Å². The predicted molar refractivity (Wildman–Crippen MR) is 107 cm³/mol. The van der Waals surface area contributed by atoms with Crippen molar-refractivity contribution in [2.75, 3.05) is 6.54 Å². The third-order valence-electron chi connectivity index (χ3n) is 5.18. The number of aromatic nitrogens is 2. The number of Topliss-reactive ketones (excluding diaryl/α,β-unsaturated/α-hetero) is 1. The van der Waals surface area contributed by atoms with Crippen molar-refractivity contribution in [3.05, 3.63) is 51.9 Å². The summed E-state index contributed by atoms with van der Waals surface area (Å²) in [6, 6.07) is 6.15. The number of nitrogens with two attached hydrogens (primary N) is 1. The molecule has 1 fully saturated rings. The van der Waals surface area contributed by atoms with Gasteiger partial charge in [0.05, 0.1) is 6.04 Å². The molecule has 9 nitrogen and oxygen atoms in total. The zero-order valence-electron chi connectivity index (χ0n) is 16.0. The molecule has 2 atom stereocenters. The molecule has 1 aromatic carbocycles. The molecule has 0 spiro atoms. The van der Waals surface area contributed by atoms with Crippen molar-refractivity contribution < 1.29 is 14.7 Å². The SMILES string of the molecule is Cn1c(-c2ccc(C(=N)N)cc2)ncc(C(=O)C2CC(CC(=O)O)CCN2)c1=O. The van der Waals surface area contributed by atoms with Gasteiger partial charge in [0, 0.05) is 30.8 Å². The van der Waals surface area contributed by atoms with Crippen LogP contribution < -0.4 is 16.6 Å². The third-order valence-corrected chi connectivity index (χ3v) is 5.18. The van der Waals surface area contributed by atoms with Crippen LogP contribution >= 0.6 is 0 Å². The Kier molecular flexibility index (Phi) is 5.88. The van der Waals surface area contributed by atoms with E-state index in [2.05, 4.69) is 10.3 Å². The van der Waals surface area contributed by atoms with E-state index in [1.807, 2.05) is 0 Å². The predicted octanol–water partition coefficient (Wildman–Crippen LogP) is 0.757. The maximum absolute atomic E-state index is 12.9. The minimum absolute atomic E-state index is 0.0108. The molecule has 0 saturated carbocycles. The molecule has 0 radical (unpaired) electrons. The summed E-state index contributed by atoms with van der Waals surface area (Å²) < 4.78 is 1.31. The molecular weight excluding hydrogens is 374 g/mol. The standard InChI is InChI=1S/C20H23N5O4/c1-25-19(13-4-2-12(3-5-13)18(21)22)24-10-14(20(25)29)17(28)15-8-11(6-7-23-15)9-16(26)27/h2-5,10-11,15,23H,6-9H2,1H3,(H3,21,22)(H,26,27). The van der Waals surface area contributed by atoms with Gasteiger partial charge in [-0.15, -0.1) is 0 Å². The number of nitrogens with one attached hydrogen (secondary N) is 2. The lowest BCUT2D eigenvalue weighted by molar-refractivity contribution is -0.138. The summed E-state index contributed by atoms with van der Waals surface area (Å²) >= 11 is 0. The number of rotatable bonds is 6. The molecule has 0 bridgehead atoms. The second-order valence-electron chi connectivity index (χ2n) is 7.21. The number of nitrogens with zero attached hydrogens (tertiary/aromatic N) is 2. The van der Waals surface area contributed by atoms with Gasteiger partial charge in [0.15, 0.2) is 5.78 Å². The summed E-state index contributed by atoms with van der Waals surface area (Å²) in [7, 11) is 1.54. The Morgan fingerprint density at radius 1 is 1.34 bits per heavy atom. The molecule has 1 aliphatic heterocycles. The van der Waals surface area contributed by atoms with Gasteiger partial charge in [-0.05, 0) is 25.3 Å². The Labute approximate surface area is 167 Å².